The molecule has 32 heavy (non-hydrogen) atoms. The summed E-state index contributed by atoms with van der Waals surface area (Å²) in [5.41, 5.74) is 2.40. The van der Waals surface area contributed by atoms with Crippen molar-refractivity contribution >= 4 is 33.2 Å². The molecular formula is C24H29N3O4S. The zero-order valence-electron chi connectivity index (χ0n) is 18.2. The smallest absolute Gasteiger partial charge is 0.240 e. The van der Waals surface area contributed by atoms with Gasteiger partial charge in [-0.3, -0.25) is 9.59 Å². The molecule has 1 saturated carbocycles. The van der Waals surface area contributed by atoms with Crippen molar-refractivity contribution in [2.45, 2.75) is 56.4 Å². The first-order valence-corrected chi connectivity index (χ1v) is 12.6. The number of carbonyl (C=O) groups excluding carboxylic acids is 2. The average molecular weight is 456 g/mol. The SMILES string of the molecule is Cc1ccc(N2CC(C(=O)Nc3ccc(S(=O)(=O)NC4CCCCC4)cc3)CC2=O)cc1. The number of benzene rings is 2. The Balaban J connectivity index is 1.36. The second-order valence-electron chi connectivity index (χ2n) is 8.71. The summed E-state index contributed by atoms with van der Waals surface area (Å²) < 4.78 is 28.0. The molecule has 2 amide bonds. The minimum atomic E-state index is -3.58. The van der Waals surface area contributed by atoms with E-state index in [1.54, 1.807) is 17.0 Å². The predicted molar refractivity (Wildman–Crippen MR) is 124 cm³/mol. The fourth-order valence-corrected chi connectivity index (χ4v) is 5.63. The van der Waals surface area contributed by atoms with Crippen LogP contribution in [0.5, 0.6) is 0 Å². The molecular weight excluding hydrogens is 426 g/mol. The highest BCUT2D eigenvalue weighted by Crippen LogP contribution is 2.27. The second kappa shape index (κ2) is 9.42. The van der Waals surface area contributed by atoms with E-state index < -0.39 is 15.9 Å². The zero-order valence-corrected chi connectivity index (χ0v) is 19.0. The first-order valence-electron chi connectivity index (χ1n) is 11.1. The van der Waals surface area contributed by atoms with E-state index in [1.165, 1.54) is 12.1 Å². The molecule has 1 aliphatic heterocycles. The summed E-state index contributed by atoms with van der Waals surface area (Å²) in [4.78, 5) is 27.0. The summed E-state index contributed by atoms with van der Waals surface area (Å²) in [6, 6.07) is 13.8. The van der Waals surface area contributed by atoms with Crippen molar-refractivity contribution in [1.29, 1.82) is 0 Å². The van der Waals surface area contributed by atoms with Crippen molar-refractivity contribution in [3.63, 3.8) is 0 Å². The molecule has 4 rings (SSSR count). The van der Waals surface area contributed by atoms with Crippen molar-refractivity contribution in [2.75, 3.05) is 16.8 Å². The number of nitrogens with one attached hydrogen (secondary N) is 2. The van der Waals surface area contributed by atoms with Gasteiger partial charge in [-0.2, -0.15) is 0 Å². The van der Waals surface area contributed by atoms with Gasteiger partial charge < -0.3 is 10.2 Å². The molecule has 8 heteroatoms. The number of hydrogen-bond acceptors (Lipinski definition) is 4. The third-order valence-electron chi connectivity index (χ3n) is 6.20. The summed E-state index contributed by atoms with van der Waals surface area (Å²) in [6.45, 7) is 2.31. The molecule has 0 bridgehead atoms. The molecule has 2 aliphatic rings. The van der Waals surface area contributed by atoms with Gasteiger partial charge in [-0.25, -0.2) is 13.1 Å². The lowest BCUT2D eigenvalue weighted by Crippen LogP contribution is -2.36. The van der Waals surface area contributed by atoms with E-state index in [1.807, 2.05) is 31.2 Å². The van der Waals surface area contributed by atoms with Gasteiger partial charge in [-0.1, -0.05) is 37.0 Å². The Kier molecular flexibility index (Phi) is 6.62. The van der Waals surface area contributed by atoms with Crippen molar-refractivity contribution in [2.24, 2.45) is 5.92 Å². The first kappa shape index (κ1) is 22.5. The quantitative estimate of drug-likeness (QED) is 0.696. The van der Waals surface area contributed by atoms with E-state index in [0.717, 1.165) is 43.4 Å². The molecule has 0 spiro atoms. The van der Waals surface area contributed by atoms with Crippen molar-refractivity contribution < 1.29 is 18.0 Å². The Labute approximate surface area is 189 Å². The van der Waals surface area contributed by atoms with Gasteiger partial charge in [0.15, 0.2) is 0 Å². The van der Waals surface area contributed by atoms with Crippen molar-refractivity contribution in [3.05, 3.63) is 54.1 Å². The number of amides is 2. The Bertz CT molecular complexity index is 1080. The van der Waals surface area contributed by atoms with Crippen LogP contribution in [0.4, 0.5) is 11.4 Å². The van der Waals surface area contributed by atoms with Crippen LogP contribution in [0.25, 0.3) is 0 Å². The standard InChI is InChI=1S/C24H29N3O4S/c1-17-7-11-21(12-8-17)27-16-18(15-23(27)28)24(29)25-19-9-13-22(14-10-19)32(30,31)26-20-5-3-2-4-6-20/h7-14,18,20,26H,2-6,15-16H2,1H3,(H,25,29). The molecule has 1 unspecified atom stereocenters. The zero-order chi connectivity index (χ0) is 22.7. The van der Waals surface area contributed by atoms with Crippen LogP contribution in [0.1, 0.15) is 44.1 Å². The molecule has 1 aliphatic carbocycles. The minimum absolute atomic E-state index is 0.00971. The van der Waals surface area contributed by atoms with Crippen LogP contribution in [0.15, 0.2) is 53.4 Å². The molecule has 2 fully saturated rings. The molecule has 7 nitrogen and oxygen atoms in total. The van der Waals surface area contributed by atoms with E-state index in [4.69, 9.17) is 0 Å². The summed E-state index contributed by atoms with van der Waals surface area (Å²) in [5.74, 6) is -0.784. The van der Waals surface area contributed by atoms with Gasteiger partial charge in [0.2, 0.25) is 21.8 Å². The topological polar surface area (TPSA) is 95.6 Å². The Morgan fingerprint density at radius 2 is 1.62 bits per heavy atom. The van der Waals surface area contributed by atoms with Gasteiger partial charge in [-0.15, -0.1) is 0 Å². The van der Waals surface area contributed by atoms with Crippen LogP contribution in [0.2, 0.25) is 0 Å². The molecule has 2 aromatic rings. The molecule has 1 saturated heterocycles. The lowest BCUT2D eigenvalue weighted by Gasteiger charge is -2.22. The van der Waals surface area contributed by atoms with Gasteiger partial charge in [-0.05, 0) is 56.2 Å². The lowest BCUT2D eigenvalue weighted by molar-refractivity contribution is -0.122. The van der Waals surface area contributed by atoms with Gasteiger partial charge in [0, 0.05) is 30.4 Å². The van der Waals surface area contributed by atoms with Crippen molar-refractivity contribution in [3.8, 4) is 0 Å². The van der Waals surface area contributed by atoms with E-state index in [-0.39, 0.29) is 29.2 Å². The molecule has 1 heterocycles. The highest BCUT2D eigenvalue weighted by molar-refractivity contribution is 7.89. The summed E-state index contributed by atoms with van der Waals surface area (Å²) in [7, 11) is -3.58. The number of sulfonamides is 1. The van der Waals surface area contributed by atoms with E-state index in [0.29, 0.717) is 12.2 Å². The van der Waals surface area contributed by atoms with Crippen LogP contribution in [0.3, 0.4) is 0 Å². The lowest BCUT2D eigenvalue weighted by atomic mass is 9.96. The summed E-state index contributed by atoms with van der Waals surface area (Å²) in [6.07, 6.45) is 5.13. The van der Waals surface area contributed by atoms with Gasteiger partial charge >= 0.3 is 0 Å². The molecule has 0 aromatic heterocycles. The Morgan fingerprint density at radius 3 is 2.28 bits per heavy atom. The van der Waals surface area contributed by atoms with Gasteiger partial charge in [0.25, 0.3) is 0 Å². The van der Waals surface area contributed by atoms with Crippen LogP contribution < -0.4 is 14.9 Å². The fraction of sp³-hybridized carbons (Fsp3) is 0.417. The van der Waals surface area contributed by atoms with Crippen LogP contribution >= 0.6 is 0 Å². The predicted octanol–water partition coefficient (Wildman–Crippen LogP) is 3.60. The van der Waals surface area contributed by atoms with Crippen molar-refractivity contribution in [1.82, 2.24) is 4.72 Å². The van der Waals surface area contributed by atoms with E-state index >= 15 is 0 Å². The van der Waals surface area contributed by atoms with Crippen LogP contribution in [-0.2, 0) is 19.6 Å². The normalized spacial score (nSPS) is 19.8. The maximum absolute atomic E-state index is 12.7. The minimum Gasteiger partial charge on any atom is -0.326 e. The number of rotatable bonds is 6. The number of hydrogen-bond donors (Lipinski definition) is 2. The number of nitrogens with zero attached hydrogens (tertiary/aromatic N) is 1. The maximum atomic E-state index is 12.7. The Hall–Kier alpha value is -2.71. The van der Waals surface area contributed by atoms with Gasteiger partial charge in [0.05, 0.1) is 10.8 Å². The number of aryl methyl sites for hydroxylation is 1. The van der Waals surface area contributed by atoms with Crippen LogP contribution in [0, 0.1) is 12.8 Å². The highest BCUT2D eigenvalue weighted by Gasteiger charge is 2.35. The molecule has 170 valence electrons. The third kappa shape index (κ3) is 5.19. The van der Waals surface area contributed by atoms with E-state index in [2.05, 4.69) is 10.0 Å². The fourth-order valence-electron chi connectivity index (χ4n) is 4.33. The largest absolute Gasteiger partial charge is 0.326 e. The molecule has 1 atom stereocenters. The highest BCUT2D eigenvalue weighted by atomic mass is 32.2. The first-order chi connectivity index (χ1) is 15.3. The number of anilines is 2. The summed E-state index contributed by atoms with van der Waals surface area (Å²) in [5, 5.41) is 2.81. The van der Waals surface area contributed by atoms with Gasteiger partial charge in [0.1, 0.15) is 0 Å². The average Bonchev–Trinajstić information content (AvgIpc) is 3.17. The Morgan fingerprint density at radius 1 is 0.969 bits per heavy atom. The molecule has 0 radical (unpaired) electrons. The third-order valence-corrected chi connectivity index (χ3v) is 7.74. The maximum Gasteiger partial charge on any atom is 0.240 e. The monoisotopic (exact) mass is 455 g/mol. The molecule has 2 N–H and O–H groups in total. The molecule has 2 aromatic carbocycles. The summed E-state index contributed by atoms with van der Waals surface area (Å²) >= 11 is 0. The number of carbonyl (C=O) groups is 2. The second-order valence-corrected chi connectivity index (χ2v) is 10.4. The van der Waals surface area contributed by atoms with E-state index in [9.17, 15) is 18.0 Å². The van der Waals surface area contributed by atoms with Crippen LogP contribution in [-0.4, -0.2) is 32.8 Å².